The minimum absolute atomic E-state index is 0.156. The standard InChI is InChI=1S/C12H9F2NO4S2/c1-6-5-20-11(12(16)17)10(6)15-21(18,19)9-4-7(13)2-3-8(9)14/h2-5,15H,1H3,(H,16,17). The van der Waals surface area contributed by atoms with Gasteiger partial charge in [-0.05, 0) is 36.1 Å². The van der Waals surface area contributed by atoms with E-state index in [-0.39, 0.29) is 10.6 Å². The Morgan fingerprint density at radius 3 is 2.62 bits per heavy atom. The van der Waals surface area contributed by atoms with Crippen molar-refractivity contribution in [2.75, 3.05) is 4.72 Å². The summed E-state index contributed by atoms with van der Waals surface area (Å²) in [6, 6.07) is 2.00. The molecule has 0 unspecified atom stereocenters. The molecule has 2 rings (SSSR count). The highest BCUT2D eigenvalue weighted by atomic mass is 32.2. The zero-order valence-corrected chi connectivity index (χ0v) is 12.2. The minimum Gasteiger partial charge on any atom is -0.477 e. The van der Waals surface area contributed by atoms with Gasteiger partial charge >= 0.3 is 5.97 Å². The van der Waals surface area contributed by atoms with Gasteiger partial charge in [-0.25, -0.2) is 22.0 Å². The summed E-state index contributed by atoms with van der Waals surface area (Å²) in [6.45, 7) is 1.50. The second-order valence-corrected chi connectivity index (χ2v) is 6.64. The molecule has 112 valence electrons. The van der Waals surface area contributed by atoms with Crippen LogP contribution in [0.15, 0.2) is 28.5 Å². The third-order valence-electron chi connectivity index (χ3n) is 2.59. The van der Waals surface area contributed by atoms with E-state index in [4.69, 9.17) is 5.11 Å². The highest BCUT2D eigenvalue weighted by Crippen LogP contribution is 2.30. The van der Waals surface area contributed by atoms with Crippen LogP contribution >= 0.6 is 11.3 Å². The Bertz CT molecular complexity index is 815. The number of aromatic carboxylic acids is 1. The lowest BCUT2D eigenvalue weighted by Gasteiger charge is -2.09. The summed E-state index contributed by atoms with van der Waals surface area (Å²) < 4.78 is 52.8. The first kappa shape index (κ1) is 15.4. The normalized spacial score (nSPS) is 11.4. The van der Waals surface area contributed by atoms with E-state index in [0.29, 0.717) is 17.7 Å². The number of anilines is 1. The summed E-state index contributed by atoms with van der Waals surface area (Å²) in [7, 11) is -4.44. The first-order valence-electron chi connectivity index (χ1n) is 5.51. The Morgan fingerprint density at radius 2 is 2.00 bits per heavy atom. The van der Waals surface area contributed by atoms with E-state index in [0.717, 1.165) is 17.4 Å². The molecule has 0 radical (unpaired) electrons. The number of sulfonamides is 1. The fraction of sp³-hybridized carbons (Fsp3) is 0.0833. The highest BCUT2D eigenvalue weighted by molar-refractivity contribution is 7.92. The minimum atomic E-state index is -4.44. The molecule has 0 saturated carbocycles. The van der Waals surface area contributed by atoms with E-state index in [9.17, 15) is 22.0 Å². The van der Waals surface area contributed by atoms with Gasteiger partial charge in [0.1, 0.15) is 21.4 Å². The number of hydrogen-bond acceptors (Lipinski definition) is 4. The first-order valence-corrected chi connectivity index (χ1v) is 7.88. The highest BCUT2D eigenvalue weighted by Gasteiger charge is 2.24. The molecule has 1 heterocycles. The van der Waals surface area contributed by atoms with E-state index in [1.807, 2.05) is 4.72 Å². The molecule has 0 saturated heterocycles. The van der Waals surface area contributed by atoms with Crippen LogP contribution < -0.4 is 4.72 Å². The fourth-order valence-electron chi connectivity index (χ4n) is 1.60. The lowest BCUT2D eigenvalue weighted by molar-refractivity contribution is 0.0703. The molecule has 2 N–H and O–H groups in total. The molecular weight excluding hydrogens is 324 g/mol. The smallest absolute Gasteiger partial charge is 0.348 e. The van der Waals surface area contributed by atoms with Crippen LogP contribution in [0.1, 0.15) is 15.2 Å². The Balaban J connectivity index is 2.50. The van der Waals surface area contributed by atoms with Crippen molar-refractivity contribution in [3.05, 3.63) is 45.7 Å². The number of carboxylic acids is 1. The molecule has 0 atom stereocenters. The van der Waals surface area contributed by atoms with Crippen molar-refractivity contribution >= 4 is 33.0 Å². The monoisotopic (exact) mass is 333 g/mol. The number of thiophene rings is 1. The Labute approximate surface area is 122 Å². The van der Waals surface area contributed by atoms with Gasteiger partial charge in [-0.15, -0.1) is 11.3 Å². The van der Waals surface area contributed by atoms with E-state index < -0.39 is 32.5 Å². The molecule has 1 aromatic carbocycles. The Kier molecular flexibility index (Phi) is 3.97. The van der Waals surface area contributed by atoms with Crippen molar-refractivity contribution in [2.45, 2.75) is 11.8 Å². The summed E-state index contributed by atoms with van der Waals surface area (Å²) in [5.41, 5.74) is 0.217. The van der Waals surface area contributed by atoms with E-state index in [1.165, 1.54) is 12.3 Å². The summed E-state index contributed by atoms with van der Waals surface area (Å²) in [6.07, 6.45) is 0. The van der Waals surface area contributed by atoms with E-state index >= 15 is 0 Å². The number of hydrogen-bond donors (Lipinski definition) is 2. The van der Waals surface area contributed by atoms with Gasteiger partial charge < -0.3 is 5.11 Å². The van der Waals surface area contributed by atoms with Crippen molar-refractivity contribution in [3.8, 4) is 0 Å². The number of rotatable bonds is 4. The van der Waals surface area contributed by atoms with Crippen LogP contribution in [-0.2, 0) is 10.0 Å². The van der Waals surface area contributed by atoms with Gasteiger partial charge in [-0.3, -0.25) is 4.72 Å². The summed E-state index contributed by atoms with van der Waals surface area (Å²) in [5, 5.41) is 10.4. The number of nitrogens with one attached hydrogen (secondary N) is 1. The van der Waals surface area contributed by atoms with Crippen LogP contribution in [0.4, 0.5) is 14.5 Å². The molecule has 21 heavy (non-hydrogen) atoms. The molecule has 0 aliphatic rings. The van der Waals surface area contributed by atoms with Crippen molar-refractivity contribution < 1.29 is 27.1 Å². The third-order valence-corrected chi connectivity index (χ3v) is 5.04. The molecule has 0 fully saturated rings. The van der Waals surface area contributed by atoms with Crippen LogP contribution in [0.5, 0.6) is 0 Å². The SMILES string of the molecule is Cc1csc(C(=O)O)c1NS(=O)(=O)c1cc(F)ccc1F. The maximum Gasteiger partial charge on any atom is 0.348 e. The van der Waals surface area contributed by atoms with Crippen molar-refractivity contribution in [1.29, 1.82) is 0 Å². The topological polar surface area (TPSA) is 83.5 Å². The molecule has 0 aliphatic carbocycles. The number of halogens is 2. The molecule has 0 aliphatic heterocycles. The van der Waals surface area contributed by atoms with Crippen LogP contribution in [0, 0.1) is 18.6 Å². The van der Waals surface area contributed by atoms with Gasteiger partial charge in [0.15, 0.2) is 0 Å². The lowest BCUT2D eigenvalue weighted by atomic mass is 10.3. The summed E-state index contributed by atoms with van der Waals surface area (Å²) in [5.74, 6) is -3.36. The van der Waals surface area contributed by atoms with Gasteiger partial charge in [0.2, 0.25) is 0 Å². The van der Waals surface area contributed by atoms with Gasteiger partial charge in [-0.2, -0.15) is 0 Å². The lowest BCUT2D eigenvalue weighted by Crippen LogP contribution is -2.16. The largest absolute Gasteiger partial charge is 0.477 e. The average molecular weight is 333 g/mol. The molecule has 0 amide bonds. The van der Waals surface area contributed by atoms with Crippen molar-refractivity contribution in [3.63, 3.8) is 0 Å². The molecule has 9 heteroatoms. The van der Waals surface area contributed by atoms with Crippen LogP contribution in [0.3, 0.4) is 0 Å². The molecular formula is C12H9F2NO4S2. The molecule has 5 nitrogen and oxygen atoms in total. The van der Waals surface area contributed by atoms with E-state index in [2.05, 4.69) is 0 Å². The van der Waals surface area contributed by atoms with Gasteiger partial charge in [-0.1, -0.05) is 0 Å². The molecule has 0 spiro atoms. The zero-order chi connectivity index (χ0) is 15.8. The van der Waals surface area contributed by atoms with Crippen LogP contribution in [0.25, 0.3) is 0 Å². The number of aryl methyl sites for hydroxylation is 1. The first-order chi connectivity index (χ1) is 9.72. The van der Waals surface area contributed by atoms with Crippen LogP contribution in [0.2, 0.25) is 0 Å². The summed E-state index contributed by atoms with van der Waals surface area (Å²) in [4.78, 5) is 9.91. The Morgan fingerprint density at radius 1 is 1.33 bits per heavy atom. The quantitative estimate of drug-likeness (QED) is 0.901. The second kappa shape index (κ2) is 5.41. The second-order valence-electron chi connectivity index (χ2n) is 4.11. The number of carboxylic acid groups (broad SMARTS) is 1. The van der Waals surface area contributed by atoms with Crippen molar-refractivity contribution in [2.24, 2.45) is 0 Å². The van der Waals surface area contributed by atoms with Crippen LogP contribution in [-0.4, -0.2) is 19.5 Å². The average Bonchev–Trinajstić information content (AvgIpc) is 2.73. The maximum absolute atomic E-state index is 13.6. The summed E-state index contributed by atoms with van der Waals surface area (Å²) >= 11 is 0.833. The molecule has 0 bridgehead atoms. The van der Waals surface area contributed by atoms with Gasteiger partial charge in [0, 0.05) is 0 Å². The predicted molar refractivity (Wildman–Crippen MR) is 73.2 cm³/mol. The van der Waals surface area contributed by atoms with Crippen molar-refractivity contribution in [1.82, 2.24) is 0 Å². The number of carbonyl (C=O) groups is 1. The molecule has 2 aromatic rings. The predicted octanol–water partition coefficient (Wildman–Crippen LogP) is 2.83. The molecule has 1 aromatic heterocycles. The number of benzene rings is 1. The fourth-order valence-corrected chi connectivity index (χ4v) is 3.74. The van der Waals surface area contributed by atoms with E-state index in [1.54, 1.807) is 0 Å². The van der Waals surface area contributed by atoms with Gasteiger partial charge in [0.25, 0.3) is 10.0 Å². The maximum atomic E-state index is 13.6. The third kappa shape index (κ3) is 3.03. The Hall–Kier alpha value is -2.00. The van der Waals surface area contributed by atoms with Gasteiger partial charge in [0.05, 0.1) is 5.69 Å². The zero-order valence-electron chi connectivity index (χ0n) is 10.6.